The minimum absolute atomic E-state index is 0.0493. The van der Waals surface area contributed by atoms with Crippen LogP contribution in [-0.4, -0.2) is 19.2 Å². The van der Waals surface area contributed by atoms with Crippen molar-refractivity contribution in [3.63, 3.8) is 0 Å². The van der Waals surface area contributed by atoms with Gasteiger partial charge in [-0.3, -0.25) is 0 Å². The average Bonchev–Trinajstić information content (AvgIpc) is 2.41. The van der Waals surface area contributed by atoms with Crippen LogP contribution in [0, 0.1) is 11.7 Å². The number of nitrogen functional groups attached to an aromatic ring is 1. The van der Waals surface area contributed by atoms with Crippen LogP contribution < -0.4 is 15.4 Å². The van der Waals surface area contributed by atoms with Crippen molar-refractivity contribution >= 4 is 11.4 Å². The van der Waals surface area contributed by atoms with E-state index in [-0.39, 0.29) is 11.9 Å². The highest BCUT2D eigenvalue weighted by Crippen LogP contribution is 2.34. The Kier molecular flexibility index (Phi) is 4.73. The topological polar surface area (TPSA) is 38.5 Å². The highest BCUT2D eigenvalue weighted by Gasteiger charge is 2.21. The fraction of sp³-hybridized carbons (Fsp3) is 0.625. The predicted molar refractivity (Wildman–Crippen MR) is 81.8 cm³/mol. The van der Waals surface area contributed by atoms with Gasteiger partial charge < -0.3 is 15.4 Å². The maximum absolute atomic E-state index is 13.9. The van der Waals surface area contributed by atoms with Crippen LogP contribution in [0.4, 0.5) is 15.8 Å². The Morgan fingerprint density at radius 3 is 2.55 bits per heavy atom. The predicted octanol–water partition coefficient (Wildman–Crippen LogP) is 3.82. The zero-order chi connectivity index (χ0) is 14.7. The van der Waals surface area contributed by atoms with Crippen LogP contribution in [-0.2, 0) is 0 Å². The van der Waals surface area contributed by atoms with Crippen molar-refractivity contribution in [3.05, 3.63) is 17.9 Å². The van der Waals surface area contributed by atoms with Crippen molar-refractivity contribution in [2.24, 2.45) is 5.92 Å². The Labute approximate surface area is 120 Å². The molecule has 1 aliphatic heterocycles. The summed E-state index contributed by atoms with van der Waals surface area (Å²) in [5, 5.41) is 0. The smallest absolute Gasteiger partial charge is 0.167 e. The molecule has 1 saturated heterocycles. The molecule has 0 saturated carbocycles. The Balaban J connectivity index is 2.19. The third-order valence-corrected chi connectivity index (χ3v) is 3.98. The third-order valence-electron chi connectivity index (χ3n) is 3.98. The van der Waals surface area contributed by atoms with Gasteiger partial charge in [0.15, 0.2) is 11.6 Å². The summed E-state index contributed by atoms with van der Waals surface area (Å²) in [6.45, 7) is 7.98. The van der Waals surface area contributed by atoms with Gasteiger partial charge in [-0.1, -0.05) is 13.3 Å². The average molecular weight is 280 g/mol. The summed E-state index contributed by atoms with van der Waals surface area (Å²) in [5.41, 5.74) is 7.38. The van der Waals surface area contributed by atoms with Crippen LogP contribution >= 0.6 is 0 Å². The van der Waals surface area contributed by atoms with Crippen LogP contribution in [0.25, 0.3) is 0 Å². The Hall–Kier alpha value is -1.45. The molecule has 4 heteroatoms. The fourth-order valence-electron chi connectivity index (χ4n) is 2.76. The number of nitrogens with two attached hydrogens (primary N) is 1. The number of rotatable bonds is 4. The molecular weight excluding hydrogens is 255 g/mol. The molecule has 0 radical (unpaired) electrons. The molecule has 0 unspecified atom stereocenters. The van der Waals surface area contributed by atoms with Gasteiger partial charge in [-0.15, -0.1) is 0 Å². The largest absolute Gasteiger partial charge is 0.488 e. The van der Waals surface area contributed by atoms with Gasteiger partial charge in [0.1, 0.15) is 0 Å². The van der Waals surface area contributed by atoms with Gasteiger partial charge in [0, 0.05) is 25.2 Å². The molecule has 112 valence electrons. The monoisotopic (exact) mass is 280 g/mol. The first-order valence-corrected chi connectivity index (χ1v) is 7.51. The van der Waals surface area contributed by atoms with Crippen molar-refractivity contribution in [2.75, 3.05) is 23.7 Å². The van der Waals surface area contributed by atoms with Gasteiger partial charge >= 0.3 is 0 Å². The molecule has 0 bridgehead atoms. The van der Waals surface area contributed by atoms with Crippen LogP contribution in [0.5, 0.6) is 5.75 Å². The summed E-state index contributed by atoms with van der Waals surface area (Å²) in [5.74, 6) is 0.713. The normalized spacial score (nSPS) is 16.8. The molecule has 20 heavy (non-hydrogen) atoms. The molecule has 1 aromatic carbocycles. The lowest BCUT2D eigenvalue weighted by Gasteiger charge is -2.34. The molecule has 0 atom stereocenters. The molecule has 0 spiro atoms. The van der Waals surface area contributed by atoms with E-state index in [0.717, 1.165) is 24.7 Å². The van der Waals surface area contributed by atoms with E-state index in [1.54, 1.807) is 6.07 Å². The number of hydrogen-bond donors (Lipinski definition) is 1. The van der Waals surface area contributed by atoms with Crippen LogP contribution in [0.15, 0.2) is 12.1 Å². The van der Waals surface area contributed by atoms with Crippen molar-refractivity contribution in [2.45, 2.75) is 46.1 Å². The number of hydrogen-bond acceptors (Lipinski definition) is 3. The SMILES string of the molecule is CCC1CCN(c2cc(OC(C)C)c(F)cc2N)CC1. The van der Waals surface area contributed by atoms with Crippen molar-refractivity contribution < 1.29 is 9.13 Å². The second-order valence-electron chi connectivity index (χ2n) is 5.85. The van der Waals surface area contributed by atoms with Gasteiger partial charge in [0.2, 0.25) is 0 Å². The molecule has 3 nitrogen and oxygen atoms in total. The molecule has 2 N–H and O–H groups in total. The van der Waals surface area contributed by atoms with Crippen molar-refractivity contribution in [1.29, 1.82) is 0 Å². The zero-order valence-electron chi connectivity index (χ0n) is 12.7. The third kappa shape index (κ3) is 3.35. The lowest BCUT2D eigenvalue weighted by Crippen LogP contribution is -2.34. The minimum atomic E-state index is -0.386. The zero-order valence-corrected chi connectivity index (χ0v) is 12.7. The summed E-state index contributed by atoms with van der Waals surface area (Å²) in [4.78, 5) is 2.24. The molecule has 1 aliphatic rings. The fourth-order valence-corrected chi connectivity index (χ4v) is 2.76. The number of halogens is 1. The van der Waals surface area contributed by atoms with E-state index in [9.17, 15) is 4.39 Å². The Morgan fingerprint density at radius 2 is 2.00 bits per heavy atom. The second kappa shape index (κ2) is 6.33. The van der Waals surface area contributed by atoms with E-state index in [4.69, 9.17) is 10.5 Å². The second-order valence-corrected chi connectivity index (χ2v) is 5.85. The van der Waals surface area contributed by atoms with Gasteiger partial charge in [-0.05, 0) is 32.6 Å². The maximum Gasteiger partial charge on any atom is 0.167 e. The van der Waals surface area contributed by atoms with Gasteiger partial charge in [-0.25, -0.2) is 4.39 Å². The standard InChI is InChI=1S/C16H25FN2O/c1-4-12-5-7-19(8-6-12)15-10-16(20-11(2)3)13(17)9-14(15)18/h9-12H,4-8,18H2,1-3H3. The highest BCUT2D eigenvalue weighted by molar-refractivity contribution is 5.70. The summed E-state index contributed by atoms with van der Waals surface area (Å²) in [6.07, 6.45) is 3.53. The van der Waals surface area contributed by atoms with E-state index in [1.165, 1.54) is 25.3 Å². The van der Waals surface area contributed by atoms with Crippen LogP contribution in [0.1, 0.15) is 40.0 Å². The molecule has 0 aliphatic carbocycles. The van der Waals surface area contributed by atoms with Crippen molar-refractivity contribution in [3.8, 4) is 5.75 Å². The molecule has 1 fully saturated rings. The summed E-state index contributed by atoms with van der Waals surface area (Å²) < 4.78 is 19.4. The number of anilines is 2. The summed E-state index contributed by atoms with van der Waals surface area (Å²) in [7, 11) is 0. The van der Waals surface area contributed by atoms with E-state index in [1.807, 2.05) is 13.8 Å². The van der Waals surface area contributed by atoms with E-state index in [2.05, 4.69) is 11.8 Å². The minimum Gasteiger partial charge on any atom is -0.488 e. The van der Waals surface area contributed by atoms with Crippen LogP contribution in [0.2, 0.25) is 0 Å². The molecular formula is C16H25FN2O. The number of ether oxygens (including phenoxy) is 1. The highest BCUT2D eigenvalue weighted by atomic mass is 19.1. The number of piperidine rings is 1. The van der Waals surface area contributed by atoms with Gasteiger partial charge in [-0.2, -0.15) is 0 Å². The molecule has 1 aromatic rings. The first-order chi connectivity index (χ1) is 9.51. The summed E-state index contributed by atoms with van der Waals surface area (Å²) in [6, 6.07) is 3.12. The quantitative estimate of drug-likeness (QED) is 0.852. The van der Waals surface area contributed by atoms with Crippen molar-refractivity contribution in [1.82, 2.24) is 0 Å². The molecule has 2 rings (SSSR count). The Morgan fingerprint density at radius 1 is 1.35 bits per heavy atom. The van der Waals surface area contributed by atoms with Gasteiger partial charge in [0.05, 0.1) is 17.5 Å². The maximum atomic E-state index is 13.9. The first-order valence-electron chi connectivity index (χ1n) is 7.51. The number of benzene rings is 1. The molecule has 1 heterocycles. The number of nitrogens with zero attached hydrogens (tertiary/aromatic N) is 1. The molecule has 0 amide bonds. The lowest BCUT2D eigenvalue weighted by atomic mass is 9.94. The lowest BCUT2D eigenvalue weighted by molar-refractivity contribution is 0.231. The van der Waals surface area contributed by atoms with E-state index >= 15 is 0 Å². The summed E-state index contributed by atoms with van der Waals surface area (Å²) >= 11 is 0. The molecule has 0 aromatic heterocycles. The first kappa shape index (κ1) is 14.9. The Bertz CT molecular complexity index is 454. The van der Waals surface area contributed by atoms with E-state index in [0.29, 0.717) is 11.4 Å². The van der Waals surface area contributed by atoms with Gasteiger partial charge in [0.25, 0.3) is 0 Å². The van der Waals surface area contributed by atoms with E-state index < -0.39 is 0 Å². The van der Waals surface area contributed by atoms with Crippen LogP contribution in [0.3, 0.4) is 0 Å².